The van der Waals surface area contributed by atoms with Crippen LogP contribution in [0.25, 0.3) is 0 Å². The van der Waals surface area contributed by atoms with Crippen LogP contribution in [0.3, 0.4) is 0 Å². The van der Waals surface area contributed by atoms with Gasteiger partial charge in [0.25, 0.3) is 0 Å². The van der Waals surface area contributed by atoms with Gasteiger partial charge in [-0.05, 0) is 31.7 Å². The van der Waals surface area contributed by atoms with E-state index in [0.717, 1.165) is 11.8 Å². The minimum Gasteiger partial charge on any atom is -0.313 e. The van der Waals surface area contributed by atoms with Crippen molar-refractivity contribution >= 4 is 0 Å². The third kappa shape index (κ3) is 3.03. The first kappa shape index (κ1) is 12.5. The summed E-state index contributed by atoms with van der Waals surface area (Å²) in [6, 6.07) is 0.422. The molecule has 1 aromatic heterocycles. The minimum atomic E-state index is 0.422. The van der Waals surface area contributed by atoms with Crippen molar-refractivity contribution in [3.05, 3.63) is 24.3 Å². The van der Waals surface area contributed by atoms with Crippen molar-refractivity contribution in [3.63, 3.8) is 0 Å². The van der Waals surface area contributed by atoms with Gasteiger partial charge in [-0.25, -0.2) is 9.97 Å². The third-order valence-corrected chi connectivity index (χ3v) is 4.12. The van der Waals surface area contributed by atoms with Crippen LogP contribution in [0.15, 0.2) is 18.7 Å². The molecule has 3 atom stereocenters. The first-order valence-electron chi connectivity index (χ1n) is 6.77. The molecule has 0 radical (unpaired) electrons. The quantitative estimate of drug-likeness (QED) is 0.869. The van der Waals surface area contributed by atoms with Crippen LogP contribution in [-0.2, 0) is 0 Å². The zero-order chi connectivity index (χ0) is 12.1. The average molecular weight is 233 g/mol. The molecule has 1 aliphatic rings. The number of hydrogen-bond donors (Lipinski definition) is 1. The summed E-state index contributed by atoms with van der Waals surface area (Å²) in [5.74, 6) is 1.65. The summed E-state index contributed by atoms with van der Waals surface area (Å²) in [5, 5.41) is 3.45. The smallest absolute Gasteiger partial charge is 0.115 e. The van der Waals surface area contributed by atoms with Crippen LogP contribution < -0.4 is 5.32 Å². The summed E-state index contributed by atoms with van der Waals surface area (Å²) >= 11 is 0. The topological polar surface area (TPSA) is 37.8 Å². The van der Waals surface area contributed by atoms with Crippen molar-refractivity contribution in [1.82, 2.24) is 15.3 Å². The van der Waals surface area contributed by atoms with E-state index in [9.17, 15) is 0 Å². The van der Waals surface area contributed by atoms with E-state index in [-0.39, 0.29) is 0 Å². The van der Waals surface area contributed by atoms with Gasteiger partial charge in [0.15, 0.2) is 0 Å². The van der Waals surface area contributed by atoms with E-state index >= 15 is 0 Å². The Bertz CT molecular complexity index is 325. The summed E-state index contributed by atoms with van der Waals surface area (Å²) in [6.07, 6.45) is 12.3. The molecule has 0 spiro atoms. The van der Waals surface area contributed by atoms with Gasteiger partial charge in [-0.1, -0.05) is 26.2 Å². The maximum Gasteiger partial charge on any atom is 0.115 e. The van der Waals surface area contributed by atoms with Gasteiger partial charge in [0, 0.05) is 24.0 Å². The van der Waals surface area contributed by atoms with E-state index in [0.29, 0.717) is 6.04 Å². The van der Waals surface area contributed by atoms with E-state index in [1.165, 1.54) is 37.7 Å². The standard InChI is InChI=1S/C14H23N3/c1-3-11-5-4-6-12(7-11)14(15-2)13-8-16-10-17-9-13/h8-12,14-15H,3-7H2,1-2H3. The molecule has 3 heteroatoms. The third-order valence-electron chi connectivity index (χ3n) is 4.12. The number of hydrogen-bond acceptors (Lipinski definition) is 3. The lowest BCUT2D eigenvalue weighted by molar-refractivity contribution is 0.214. The lowest BCUT2D eigenvalue weighted by atomic mass is 9.75. The first-order valence-corrected chi connectivity index (χ1v) is 6.77. The normalized spacial score (nSPS) is 26.7. The zero-order valence-corrected chi connectivity index (χ0v) is 10.9. The highest BCUT2D eigenvalue weighted by atomic mass is 14.9. The minimum absolute atomic E-state index is 0.422. The highest BCUT2D eigenvalue weighted by Crippen LogP contribution is 2.37. The zero-order valence-electron chi connectivity index (χ0n) is 10.9. The van der Waals surface area contributed by atoms with E-state index in [4.69, 9.17) is 0 Å². The Morgan fingerprint density at radius 1 is 1.35 bits per heavy atom. The lowest BCUT2D eigenvalue weighted by Crippen LogP contribution is -2.29. The molecular weight excluding hydrogens is 210 g/mol. The number of aromatic nitrogens is 2. The molecular formula is C14H23N3. The second-order valence-electron chi connectivity index (χ2n) is 5.14. The molecule has 1 N–H and O–H groups in total. The molecule has 1 saturated carbocycles. The van der Waals surface area contributed by atoms with Crippen molar-refractivity contribution in [2.24, 2.45) is 11.8 Å². The van der Waals surface area contributed by atoms with Gasteiger partial charge < -0.3 is 5.32 Å². The molecule has 3 nitrogen and oxygen atoms in total. The number of rotatable bonds is 4. The van der Waals surface area contributed by atoms with E-state index in [1.807, 2.05) is 19.4 Å². The van der Waals surface area contributed by atoms with E-state index in [1.54, 1.807) is 6.33 Å². The fourth-order valence-corrected chi connectivity index (χ4v) is 3.15. The maximum absolute atomic E-state index is 4.14. The summed E-state index contributed by atoms with van der Waals surface area (Å²) in [7, 11) is 2.05. The molecule has 0 bridgehead atoms. The van der Waals surface area contributed by atoms with Crippen molar-refractivity contribution in [2.45, 2.75) is 45.1 Å². The highest BCUT2D eigenvalue weighted by molar-refractivity contribution is 5.11. The first-order chi connectivity index (χ1) is 8.35. The molecule has 0 aromatic carbocycles. The molecule has 94 valence electrons. The fraction of sp³-hybridized carbons (Fsp3) is 0.714. The second kappa shape index (κ2) is 6.10. The number of nitrogens with one attached hydrogen (secondary N) is 1. The molecule has 1 heterocycles. The van der Waals surface area contributed by atoms with Crippen LogP contribution in [0.1, 0.15) is 50.6 Å². The Morgan fingerprint density at radius 2 is 2.12 bits per heavy atom. The summed E-state index contributed by atoms with van der Waals surface area (Å²) in [6.45, 7) is 2.31. The largest absolute Gasteiger partial charge is 0.313 e. The van der Waals surface area contributed by atoms with Crippen LogP contribution in [0, 0.1) is 11.8 Å². The van der Waals surface area contributed by atoms with E-state index < -0.39 is 0 Å². The lowest BCUT2D eigenvalue weighted by Gasteiger charge is -2.34. The van der Waals surface area contributed by atoms with Crippen LogP contribution in [0.5, 0.6) is 0 Å². The van der Waals surface area contributed by atoms with Crippen LogP contribution in [0.4, 0.5) is 0 Å². The molecule has 0 saturated heterocycles. The Kier molecular flexibility index (Phi) is 4.49. The van der Waals surface area contributed by atoms with Crippen molar-refractivity contribution in [1.29, 1.82) is 0 Å². The fourth-order valence-electron chi connectivity index (χ4n) is 3.15. The second-order valence-corrected chi connectivity index (χ2v) is 5.14. The van der Waals surface area contributed by atoms with E-state index in [2.05, 4.69) is 22.2 Å². The monoisotopic (exact) mass is 233 g/mol. The molecule has 0 aliphatic heterocycles. The predicted octanol–water partition coefficient (Wildman–Crippen LogP) is 2.95. The Hall–Kier alpha value is -0.960. The van der Waals surface area contributed by atoms with Crippen LogP contribution >= 0.6 is 0 Å². The van der Waals surface area contributed by atoms with Crippen molar-refractivity contribution in [2.75, 3.05) is 7.05 Å². The van der Waals surface area contributed by atoms with Gasteiger partial charge in [0.2, 0.25) is 0 Å². The van der Waals surface area contributed by atoms with Gasteiger partial charge in [-0.15, -0.1) is 0 Å². The molecule has 1 aromatic rings. The van der Waals surface area contributed by atoms with Gasteiger partial charge in [-0.3, -0.25) is 0 Å². The summed E-state index contributed by atoms with van der Waals surface area (Å²) < 4.78 is 0. The van der Waals surface area contributed by atoms with Gasteiger partial charge in [0.1, 0.15) is 6.33 Å². The molecule has 0 amide bonds. The van der Waals surface area contributed by atoms with Gasteiger partial charge in [-0.2, -0.15) is 0 Å². The molecule has 2 rings (SSSR count). The summed E-state index contributed by atoms with van der Waals surface area (Å²) in [4.78, 5) is 8.27. The Balaban J connectivity index is 2.08. The van der Waals surface area contributed by atoms with Gasteiger partial charge >= 0.3 is 0 Å². The SMILES string of the molecule is CCC1CCCC(C(NC)c2cncnc2)C1. The number of nitrogens with zero attached hydrogens (tertiary/aromatic N) is 2. The predicted molar refractivity (Wildman–Crippen MR) is 69.6 cm³/mol. The molecule has 17 heavy (non-hydrogen) atoms. The van der Waals surface area contributed by atoms with Gasteiger partial charge in [0.05, 0.1) is 0 Å². The van der Waals surface area contributed by atoms with Crippen LogP contribution in [0.2, 0.25) is 0 Å². The van der Waals surface area contributed by atoms with Crippen LogP contribution in [-0.4, -0.2) is 17.0 Å². The highest BCUT2D eigenvalue weighted by Gasteiger charge is 2.28. The molecule has 1 fully saturated rings. The average Bonchev–Trinajstić information content (AvgIpc) is 2.41. The Labute approximate surface area is 104 Å². The Morgan fingerprint density at radius 3 is 2.76 bits per heavy atom. The molecule has 1 aliphatic carbocycles. The van der Waals surface area contributed by atoms with Crippen molar-refractivity contribution < 1.29 is 0 Å². The van der Waals surface area contributed by atoms with Crippen molar-refractivity contribution in [3.8, 4) is 0 Å². The maximum atomic E-state index is 4.14. The molecule has 3 unspecified atom stereocenters. The summed E-state index contributed by atoms with van der Waals surface area (Å²) in [5.41, 5.74) is 1.23.